The first-order chi connectivity index (χ1) is 28.0. The van der Waals surface area contributed by atoms with Crippen LogP contribution in [-0.2, 0) is 41.6 Å². The first-order valence-electron chi connectivity index (χ1n) is 19.3. The summed E-state index contributed by atoms with van der Waals surface area (Å²) in [7, 11) is 0. The standard InChI is InChI=1S/C44H49N5O9/c45-24-12-11-21-35(40(52)48-37(25-28-13-3-1-4-14-28)41(53)47-36(43(55)56)22-23-39(50)51)46-42(54)38(26-29-15-5-2-6-16-29)49-44(57)58-27-34-32-19-9-7-17-30(32)31-18-8-10-20-33(31)34/h1-10,13-20,34-38H,11-12,21-27,45H2,(H,46,54)(H,47,53)(H,48,52)(H,49,57)(H,50,51)(H,55,56)/t35-,36-,37-,38-/m0/s1. The predicted octanol–water partition coefficient (Wildman–Crippen LogP) is 3.91. The van der Waals surface area contributed by atoms with Crippen LogP contribution in [0.15, 0.2) is 109 Å². The molecule has 5 rings (SSSR count). The average molecular weight is 792 g/mol. The number of ether oxygens (including phenoxy) is 1. The second kappa shape index (κ2) is 21.1. The van der Waals surface area contributed by atoms with Crippen molar-refractivity contribution in [2.45, 2.75) is 75.0 Å². The van der Waals surface area contributed by atoms with Crippen molar-refractivity contribution in [3.8, 4) is 11.1 Å². The summed E-state index contributed by atoms with van der Waals surface area (Å²) in [6, 6.07) is 28.4. The number of hydrogen-bond donors (Lipinski definition) is 7. The van der Waals surface area contributed by atoms with E-state index in [0.717, 1.165) is 27.8 Å². The third-order valence-electron chi connectivity index (χ3n) is 9.99. The van der Waals surface area contributed by atoms with Gasteiger partial charge in [0.2, 0.25) is 17.7 Å². The van der Waals surface area contributed by atoms with Crippen molar-refractivity contribution in [3.63, 3.8) is 0 Å². The molecule has 8 N–H and O–H groups in total. The van der Waals surface area contributed by atoms with E-state index in [1.54, 1.807) is 54.6 Å². The van der Waals surface area contributed by atoms with Gasteiger partial charge in [-0.2, -0.15) is 0 Å². The SMILES string of the molecule is NCCCC[C@H](NC(=O)[C@H](Cc1ccccc1)NC(=O)OCC1c2ccccc2-c2ccccc21)C(=O)N[C@@H](Cc1ccccc1)C(=O)N[C@@H](CCC(=O)O)C(=O)O. The zero-order chi connectivity index (χ0) is 41.4. The first-order valence-corrected chi connectivity index (χ1v) is 19.3. The largest absolute Gasteiger partial charge is 0.481 e. The lowest BCUT2D eigenvalue weighted by molar-refractivity contribution is -0.143. The maximum Gasteiger partial charge on any atom is 0.407 e. The molecule has 0 fully saturated rings. The summed E-state index contributed by atoms with van der Waals surface area (Å²) in [5.74, 6) is -5.11. The number of carboxylic acids is 2. The zero-order valence-electron chi connectivity index (χ0n) is 32.0. The van der Waals surface area contributed by atoms with Gasteiger partial charge in [0.25, 0.3) is 0 Å². The summed E-state index contributed by atoms with van der Waals surface area (Å²) < 4.78 is 5.76. The molecule has 4 aromatic carbocycles. The molecule has 304 valence electrons. The van der Waals surface area contributed by atoms with Crippen LogP contribution in [0.3, 0.4) is 0 Å². The van der Waals surface area contributed by atoms with Gasteiger partial charge in [-0.25, -0.2) is 9.59 Å². The quantitative estimate of drug-likeness (QED) is 0.0603. The van der Waals surface area contributed by atoms with Crippen molar-refractivity contribution >= 4 is 35.8 Å². The van der Waals surface area contributed by atoms with E-state index in [1.165, 1.54) is 0 Å². The molecule has 0 aromatic heterocycles. The maximum absolute atomic E-state index is 14.1. The van der Waals surface area contributed by atoms with Gasteiger partial charge in [-0.05, 0) is 65.6 Å². The molecule has 58 heavy (non-hydrogen) atoms. The van der Waals surface area contributed by atoms with E-state index in [0.29, 0.717) is 24.9 Å². The Bertz CT molecular complexity index is 2000. The summed E-state index contributed by atoms with van der Waals surface area (Å²) in [5, 5.41) is 29.3. The molecule has 14 heteroatoms. The molecule has 0 saturated heterocycles. The molecular weight excluding hydrogens is 743 g/mol. The minimum atomic E-state index is -1.53. The number of carbonyl (C=O) groups excluding carboxylic acids is 4. The highest BCUT2D eigenvalue weighted by atomic mass is 16.5. The Kier molecular flexibility index (Phi) is 15.5. The lowest BCUT2D eigenvalue weighted by atomic mass is 9.98. The van der Waals surface area contributed by atoms with E-state index in [2.05, 4.69) is 21.3 Å². The minimum Gasteiger partial charge on any atom is -0.481 e. The molecule has 0 heterocycles. The summed E-state index contributed by atoms with van der Waals surface area (Å²) in [4.78, 5) is 78.2. The van der Waals surface area contributed by atoms with Crippen molar-refractivity contribution in [3.05, 3.63) is 131 Å². The van der Waals surface area contributed by atoms with E-state index >= 15 is 0 Å². The zero-order valence-corrected chi connectivity index (χ0v) is 32.0. The molecule has 0 aliphatic heterocycles. The maximum atomic E-state index is 14.1. The van der Waals surface area contributed by atoms with Crippen LogP contribution in [0.5, 0.6) is 0 Å². The fourth-order valence-corrected chi connectivity index (χ4v) is 7.00. The molecule has 4 amide bonds. The van der Waals surface area contributed by atoms with Crippen LogP contribution in [0.4, 0.5) is 4.79 Å². The number of rotatable bonds is 21. The summed E-state index contributed by atoms with van der Waals surface area (Å²) >= 11 is 0. The van der Waals surface area contributed by atoms with Crippen LogP contribution < -0.4 is 27.0 Å². The number of alkyl carbamates (subject to hydrolysis) is 1. The van der Waals surface area contributed by atoms with Gasteiger partial charge in [0.05, 0.1) is 0 Å². The lowest BCUT2D eigenvalue weighted by Crippen LogP contribution is -2.58. The van der Waals surface area contributed by atoms with Gasteiger partial charge in [0, 0.05) is 25.2 Å². The van der Waals surface area contributed by atoms with Crippen LogP contribution >= 0.6 is 0 Å². The molecule has 1 aliphatic rings. The molecule has 0 spiro atoms. The number of fused-ring (bicyclic) bond motifs is 3. The van der Waals surface area contributed by atoms with Crippen LogP contribution in [0.1, 0.15) is 60.3 Å². The van der Waals surface area contributed by atoms with Crippen LogP contribution in [0.25, 0.3) is 11.1 Å². The van der Waals surface area contributed by atoms with E-state index < -0.39 is 66.3 Å². The number of carbonyl (C=O) groups is 6. The number of hydrogen-bond acceptors (Lipinski definition) is 8. The predicted molar refractivity (Wildman–Crippen MR) is 215 cm³/mol. The number of unbranched alkanes of at least 4 members (excludes halogenated alkanes) is 1. The smallest absolute Gasteiger partial charge is 0.407 e. The van der Waals surface area contributed by atoms with Gasteiger partial charge in [-0.3, -0.25) is 19.2 Å². The van der Waals surface area contributed by atoms with Crippen LogP contribution in [0.2, 0.25) is 0 Å². The van der Waals surface area contributed by atoms with Crippen molar-refractivity contribution < 1.29 is 43.7 Å². The Morgan fingerprint density at radius 1 is 0.569 bits per heavy atom. The number of aliphatic carboxylic acids is 2. The Labute approximate surface area is 336 Å². The molecule has 14 nitrogen and oxygen atoms in total. The summed E-state index contributed by atoms with van der Waals surface area (Å²) in [5.41, 5.74) is 11.3. The van der Waals surface area contributed by atoms with Crippen molar-refractivity contribution in [2.24, 2.45) is 5.73 Å². The number of amides is 4. The third kappa shape index (κ3) is 12.0. The molecule has 4 atom stereocenters. The number of carboxylic acid groups (broad SMARTS) is 2. The highest BCUT2D eigenvalue weighted by Gasteiger charge is 2.33. The highest BCUT2D eigenvalue weighted by molar-refractivity contribution is 5.95. The topological polar surface area (TPSA) is 226 Å². The normalized spacial score (nSPS) is 13.7. The average Bonchev–Trinajstić information content (AvgIpc) is 3.54. The van der Waals surface area contributed by atoms with Crippen LogP contribution in [-0.4, -0.2) is 83.3 Å². The summed E-state index contributed by atoms with van der Waals surface area (Å²) in [6.45, 7) is 0.349. The van der Waals surface area contributed by atoms with Crippen molar-refractivity contribution in [1.82, 2.24) is 21.3 Å². The van der Waals surface area contributed by atoms with E-state index in [-0.39, 0.29) is 38.2 Å². The molecule has 0 unspecified atom stereocenters. The van der Waals surface area contributed by atoms with Crippen molar-refractivity contribution in [1.29, 1.82) is 0 Å². The molecule has 0 radical (unpaired) electrons. The van der Waals surface area contributed by atoms with Gasteiger partial charge in [0.15, 0.2) is 0 Å². The molecular formula is C44H49N5O9. The minimum absolute atomic E-state index is 0.0214. The Hall–Kier alpha value is -6.54. The second-order valence-corrected chi connectivity index (χ2v) is 14.1. The van der Waals surface area contributed by atoms with Gasteiger partial charge >= 0.3 is 18.0 Å². The number of nitrogens with two attached hydrogens (primary N) is 1. The molecule has 0 saturated carbocycles. The Morgan fingerprint density at radius 2 is 1.03 bits per heavy atom. The van der Waals surface area contributed by atoms with Gasteiger partial charge in [0.1, 0.15) is 30.8 Å². The third-order valence-corrected chi connectivity index (χ3v) is 9.99. The highest BCUT2D eigenvalue weighted by Crippen LogP contribution is 2.44. The van der Waals surface area contributed by atoms with E-state index in [4.69, 9.17) is 15.6 Å². The molecule has 0 bridgehead atoms. The van der Waals surface area contributed by atoms with Gasteiger partial charge in [-0.15, -0.1) is 0 Å². The van der Waals surface area contributed by atoms with Crippen molar-refractivity contribution in [2.75, 3.05) is 13.2 Å². The first kappa shape index (κ1) is 42.6. The summed E-state index contributed by atoms with van der Waals surface area (Å²) in [6.07, 6.45) is -0.568. The number of nitrogens with one attached hydrogen (secondary N) is 4. The van der Waals surface area contributed by atoms with E-state index in [9.17, 15) is 33.9 Å². The fourth-order valence-electron chi connectivity index (χ4n) is 7.00. The number of benzene rings is 4. The Morgan fingerprint density at radius 3 is 1.55 bits per heavy atom. The van der Waals surface area contributed by atoms with Crippen LogP contribution in [0, 0.1) is 0 Å². The van der Waals surface area contributed by atoms with E-state index in [1.807, 2.05) is 54.6 Å². The molecule has 1 aliphatic carbocycles. The fraction of sp³-hybridized carbons (Fsp3) is 0.318. The Balaban J connectivity index is 1.32. The van der Waals surface area contributed by atoms with Gasteiger partial charge < -0.3 is 42.0 Å². The monoisotopic (exact) mass is 791 g/mol. The lowest BCUT2D eigenvalue weighted by Gasteiger charge is -2.26. The second-order valence-electron chi connectivity index (χ2n) is 14.1. The van der Waals surface area contributed by atoms with Gasteiger partial charge in [-0.1, -0.05) is 109 Å². The molecule has 4 aromatic rings.